The average Bonchev–Trinajstić information content (AvgIpc) is 2.83. The van der Waals surface area contributed by atoms with Crippen molar-refractivity contribution in [3.8, 4) is 11.5 Å². The number of likely N-dealkylation sites (tertiary alicyclic amines) is 1. The van der Waals surface area contributed by atoms with Gasteiger partial charge >= 0.3 is 0 Å². The van der Waals surface area contributed by atoms with Crippen LogP contribution in [0.1, 0.15) is 37.7 Å². The molecule has 1 aromatic carbocycles. The molecule has 4 nitrogen and oxygen atoms in total. The molecule has 2 aliphatic rings. The van der Waals surface area contributed by atoms with Crippen molar-refractivity contribution in [2.45, 2.75) is 37.6 Å². The monoisotopic (exact) mass is 290 g/mol. The molecule has 4 heteroatoms. The van der Waals surface area contributed by atoms with E-state index in [1.165, 1.54) is 31.2 Å². The first kappa shape index (κ1) is 14.7. The molecular formula is C17H26N2O2. The number of ether oxygens (including phenoxy) is 2. The fourth-order valence-electron chi connectivity index (χ4n) is 3.76. The van der Waals surface area contributed by atoms with Gasteiger partial charge in [0.1, 0.15) is 11.5 Å². The highest BCUT2D eigenvalue weighted by Gasteiger charge is 2.42. The van der Waals surface area contributed by atoms with Gasteiger partial charge in [0.15, 0.2) is 0 Å². The van der Waals surface area contributed by atoms with E-state index in [1.54, 1.807) is 7.11 Å². The number of hydrogen-bond acceptors (Lipinski definition) is 4. The first-order valence-corrected chi connectivity index (χ1v) is 8.06. The third-order valence-electron chi connectivity index (χ3n) is 5.01. The molecule has 0 aromatic heterocycles. The molecule has 0 aliphatic carbocycles. The van der Waals surface area contributed by atoms with Crippen molar-refractivity contribution in [3.63, 3.8) is 0 Å². The fourth-order valence-corrected chi connectivity index (χ4v) is 3.76. The van der Waals surface area contributed by atoms with Gasteiger partial charge in [0.2, 0.25) is 0 Å². The van der Waals surface area contributed by atoms with Crippen molar-refractivity contribution < 1.29 is 9.47 Å². The van der Waals surface area contributed by atoms with Gasteiger partial charge in [-0.15, -0.1) is 0 Å². The van der Waals surface area contributed by atoms with E-state index in [9.17, 15) is 0 Å². The number of rotatable bonds is 3. The molecule has 2 N–H and O–H groups in total. The Hall–Kier alpha value is -1.26. The van der Waals surface area contributed by atoms with Crippen molar-refractivity contribution in [2.24, 2.45) is 5.73 Å². The molecule has 1 atom stereocenters. The SMILES string of the molecule is COc1ccc2c(c1)C(CN)(N1CCCCCC1)CCO2. The van der Waals surface area contributed by atoms with Gasteiger partial charge < -0.3 is 15.2 Å². The van der Waals surface area contributed by atoms with Crippen molar-refractivity contribution >= 4 is 0 Å². The zero-order valence-electron chi connectivity index (χ0n) is 12.9. The first-order valence-electron chi connectivity index (χ1n) is 8.06. The Morgan fingerprint density at radius 3 is 2.67 bits per heavy atom. The van der Waals surface area contributed by atoms with Crippen LogP contribution >= 0.6 is 0 Å². The summed E-state index contributed by atoms with van der Waals surface area (Å²) < 4.78 is 11.3. The minimum Gasteiger partial charge on any atom is -0.497 e. The Labute approximate surface area is 127 Å². The Balaban J connectivity index is 2.02. The van der Waals surface area contributed by atoms with E-state index in [-0.39, 0.29) is 5.54 Å². The number of nitrogens with zero attached hydrogens (tertiary/aromatic N) is 1. The molecule has 0 saturated carbocycles. The first-order chi connectivity index (χ1) is 10.3. The van der Waals surface area contributed by atoms with Crippen LogP contribution in [0.2, 0.25) is 0 Å². The Kier molecular flexibility index (Phi) is 4.36. The molecule has 2 aliphatic heterocycles. The highest BCUT2D eigenvalue weighted by Crippen LogP contribution is 2.43. The molecule has 0 spiro atoms. The van der Waals surface area contributed by atoms with Crippen LogP contribution < -0.4 is 15.2 Å². The van der Waals surface area contributed by atoms with E-state index < -0.39 is 0 Å². The summed E-state index contributed by atoms with van der Waals surface area (Å²) in [6, 6.07) is 6.11. The maximum Gasteiger partial charge on any atom is 0.124 e. The second-order valence-electron chi connectivity index (χ2n) is 6.10. The van der Waals surface area contributed by atoms with Crippen molar-refractivity contribution in [3.05, 3.63) is 23.8 Å². The Bertz CT molecular complexity index is 484. The van der Waals surface area contributed by atoms with Gasteiger partial charge in [0, 0.05) is 18.5 Å². The third kappa shape index (κ3) is 2.62. The van der Waals surface area contributed by atoms with Crippen LogP contribution in [0.3, 0.4) is 0 Å². The van der Waals surface area contributed by atoms with Crippen LogP contribution in [-0.4, -0.2) is 38.3 Å². The van der Waals surface area contributed by atoms with E-state index in [1.807, 2.05) is 12.1 Å². The predicted octanol–water partition coefficient (Wildman–Crippen LogP) is 2.51. The summed E-state index contributed by atoms with van der Waals surface area (Å²) in [5, 5.41) is 0. The molecule has 0 bridgehead atoms. The van der Waals surface area contributed by atoms with Gasteiger partial charge in [0.05, 0.1) is 19.3 Å². The molecule has 21 heavy (non-hydrogen) atoms. The minimum absolute atomic E-state index is 0.0908. The minimum atomic E-state index is -0.0908. The summed E-state index contributed by atoms with van der Waals surface area (Å²) in [7, 11) is 1.71. The zero-order chi connectivity index (χ0) is 14.7. The van der Waals surface area contributed by atoms with Crippen molar-refractivity contribution in [2.75, 3.05) is 33.4 Å². The topological polar surface area (TPSA) is 47.7 Å². The number of fused-ring (bicyclic) bond motifs is 1. The summed E-state index contributed by atoms with van der Waals surface area (Å²) in [5.74, 6) is 1.85. The summed E-state index contributed by atoms with van der Waals surface area (Å²) in [6.45, 7) is 3.64. The van der Waals surface area contributed by atoms with Crippen LogP contribution in [0.5, 0.6) is 11.5 Å². The van der Waals surface area contributed by atoms with E-state index in [0.29, 0.717) is 6.54 Å². The fraction of sp³-hybridized carbons (Fsp3) is 0.647. The van der Waals surface area contributed by atoms with Crippen LogP contribution in [0, 0.1) is 0 Å². The normalized spacial score (nSPS) is 26.6. The Morgan fingerprint density at radius 2 is 2.00 bits per heavy atom. The summed E-state index contributed by atoms with van der Waals surface area (Å²) in [6.07, 6.45) is 6.16. The second-order valence-corrected chi connectivity index (χ2v) is 6.10. The number of methoxy groups -OCH3 is 1. The molecule has 1 unspecified atom stereocenters. The number of hydrogen-bond donors (Lipinski definition) is 1. The van der Waals surface area contributed by atoms with E-state index >= 15 is 0 Å². The van der Waals surface area contributed by atoms with Crippen molar-refractivity contribution in [1.82, 2.24) is 4.90 Å². The third-order valence-corrected chi connectivity index (χ3v) is 5.01. The molecular weight excluding hydrogens is 264 g/mol. The molecule has 1 fully saturated rings. The maximum absolute atomic E-state index is 6.29. The molecule has 3 rings (SSSR count). The lowest BCUT2D eigenvalue weighted by atomic mass is 9.82. The molecule has 0 radical (unpaired) electrons. The zero-order valence-corrected chi connectivity index (χ0v) is 12.9. The summed E-state index contributed by atoms with van der Waals surface area (Å²) in [4.78, 5) is 2.60. The molecule has 1 saturated heterocycles. The molecule has 116 valence electrons. The maximum atomic E-state index is 6.29. The molecule has 2 heterocycles. The molecule has 1 aromatic rings. The largest absolute Gasteiger partial charge is 0.497 e. The van der Waals surface area contributed by atoms with Crippen LogP contribution in [0.4, 0.5) is 0 Å². The smallest absolute Gasteiger partial charge is 0.124 e. The lowest BCUT2D eigenvalue weighted by Crippen LogP contribution is -2.54. The number of benzene rings is 1. The van der Waals surface area contributed by atoms with Gasteiger partial charge in [-0.3, -0.25) is 4.90 Å². The lowest BCUT2D eigenvalue weighted by Gasteiger charge is -2.46. The van der Waals surface area contributed by atoms with Gasteiger partial charge in [0.25, 0.3) is 0 Å². The van der Waals surface area contributed by atoms with Crippen molar-refractivity contribution in [1.29, 1.82) is 0 Å². The predicted molar refractivity (Wildman–Crippen MR) is 83.9 cm³/mol. The van der Waals surface area contributed by atoms with Crippen LogP contribution in [0.15, 0.2) is 18.2 Å². The highest BCUT2D eigenvalue weighted by atomic mass is 16.5. The summed E-state index contributed by atoms with van der Waals surface area (Å²) in [5.41, 5.74) is 7.40. The molecule has 0 amide bonds. The average molecular weight is 290 g/mol. The van der Waals surface area contributed by atoms with E-state index in [4.69, 9.17) is 15.2 Å². The number of nitrogens with two attached hydrogens (primary N) is 1. The highest BCUT2D eigenvalue weighted by molar-refractivity contribution is 5.46. The van der Waals surface area contributed by atoms with Gasteiger partial charge in [-0.05, 0) is 44.1 Å². The van der Waals surface area contributed by atoms with Crippen LogP contribution in [-0.2, 0) is 5.54 Å². The van der Waals surface area contributed by atoms with Gasteiger partial charge in [-0.1, -0.05) is 12.8 Å². The Morgan fingerprint density at radius 1 is 1.24 bits per heavy atom. The quantitative estimate of drug-likeness (QED) is 0.929. The van der Waals surface area contributed by atoms with Gasteiger partial charge in [-0.25, -0.2) is 0 Å². The lowest BCUT2D eigenvalue weighted by molar-refractivity contribution is 0.0510. The summed E-state index contributed by atoms with van der Waals surface area (Å²) >= 11 is 0. The van der Waals surface area contributed by atoms with E-state index in [0.717, 1.165) is 37.6 Å². The van der Waals surface area contributed by atoms with E-state index in [2.05, 4.69) is 11.0 Å². The second kappa shape index (κ2) is 6.24. The van der Waals surface area contributed by atoms with Crippen LogP contribution in [0.25, 0.3) is 0 Å². The van der Waals surface area contributed by atoms with Gasteiger partial charge in [-0.2, -0.15) is 0 Å². The standard InChI is InChI=1S/C17H26N2O2/c1-20-14-6-7-16-15(12-14)17(13-18,8-11-21-16)19-9-4-2-3-5-10-19/h6-7,12H,2-5,8-11,13,18H2,1H3.